The maximum absolute atomic E-state index is 11.2. The summed E-state index contributed by atoms with van der Waals surface area (Å²) in [6, 6.07) is 0. The van der Waals surface area contributed by atoms with Crippen molar-refractivity contribution < 1.29 is 14.3 Å². The van der Waals surface area contributed by atoms with E-state index in [1.807, 2.05) is 13.8 Å². The van der Waals surface area contributed by atoms with Gasteiger partial charge in [-0.1, -0.05) is 13.8 Å². The van der Waals surface area contributed by atoms with Crippen LogP contribution in [-0.4, -0.2) is 30.1 Å². The minimum absolute atomic E-state index is 0.125. The third-order valence-electron chi connectivity index (χ3n) is 1.61. The van der Waals surface area contributed by atoms with Gasteiger partial charge in [-0.2, -0.15) is 0 Å². The van der Waals surface area contributed by atoms with Gasteiger partial charge in [-0.15, -0.1) is 0 Å². The highest BCUT2D eigenvalue weighted by molar-refractivity contribution is 5.93. The van der Waals surface area contributed by atoms with Crippen LogP contribution in [0.5, 0.6) is 0 Å². The van der Waals surface area contributed by atoms with E-state index in [0.29, 0.717) is 18.9 Å². The lowest BCUT2D eigenvalue weighted by molar-refractivity contribution is -0.133. The maximum Gasteiger partial charge on any atom is 0.416 e. The molecule has 1 fully saturated rings. The van der Waals surface area contributed by atoms with Gasteiger partial charge in [-0.05, 0) is 5.92 Å². The quantitative estimate of drug-likeness (QED) is 0.623. The molecule has 0 saturated carbocycles. The monoisotopic (exact) mass is 171 g/mol. The Labute approximate surface area is 71.5 Å². The summed E-state index contributed by atoms with van der Waals surface area (Å²) in [6.45, 7) is 4.59. The van der Waals surface area contributed by atoms with Crippen LogP contribution in [0, 0.1) is 5.92 Å². The molecule has 2 amide bonds. The number of carbonyl (C=O) groups excluding carboxylic acids is 2. The van der Waals surface area contributed by atoms with Crippen molar-refractivity contribution in [3.05, 3.63) is 0 Å². The van der Waals surface area contributed by atoms with E-state index in [2.05, 4.69) is 0 Å². The van der Waals surface area contributed by atoms with Crippen molar-refractivity contribution in [1.29, 1.82) is 0 Å². The topological polar surface area (TPSA) is 46.6 Å². The standard InChI is InChI=1S/C8H13NO3/c1-6(2)5-9-7(10)3-4-12-8(9)11/h6H,3-5H2,1-2H3. The molecule has 1 aliphatic heterocycles. The summed E-state index contributed by atoms with van der Waals surface area (Å²) in [6.07, 6.45) is -0.182. The zero-order valence-electron chi connectivity index (χ0n) is 7.37. The van der Waals surface area contributed by atoms with Gasteiger partial charge in [0.1, 0.15) is 6.61 Å². The number of cyclic esters (lactones) is 1. The normalized spacial score (nSPS) is 18.4. The first-order chi connectivity index (χ1) is 5.61. The van der Waals surface area contributed by atoms with E-state index < -0.39 is 6.09 Å². The third-order valence-corrected chi connectivity index (χ3v) is 1.61. The Balaban J connectivity index is 2.57. The Morgan fingerprint density at radius 1 is 1.50 bits per heavy atom. The number of hydrogen-bond acceptors (Lipinski definition) is 3. The Morgan fingerprint density at radius 3 is 2.67 bits per heavy atom. The first kappa shape index (κ1) is 9.03. The van der Waals surface area contributed by atoms with Crippen LogP contribution in [0.4, 0.5) is 4.79 Å². The summed E-state index contributed by atoms with van der Waals surface area (Å²) in [4.78, 5) is 23.4. The molecule has 1 saturated heterocycles. The van der Waals surface area contributed by atoms with Crippen LogP contribution >= 0.6 is 0 Å². The van der Waals surface area contributed by atoms with Crippen LogP contribution in [0.25, 0.3) is 0 Å². The fourth-order valence-corrected chi connectivity index (χ4v) is 1.08. The Bertz CT molecular complexity index is 184. The van der Waals surface area contributed by atoms with Crippen LogP contribution in [0.3, 0.4) is 0 Å². The number of imide groups is 1. The maximum atomic E-state index is 11.2. The van der Waals surface area contributed by atoms with E-state index in [-0.39, 0.29) is 12.5 Å². The average molecular weight is 171 g/mol. The Hall–Kier alpha value is -1.06. The van der Waals surface area contributed by atoms with Crippen molar-refractivity contribution in [2.75, 3.05) is 13.2 Å². The van der Waals surface area contributed by atoms with Gasteiger partial charge in [0.2, 0.25) is 5.91 Å². The molecule has 4 nitrogen and oxygen atoms in total. The average Bonchev–Trinajstić information content (AvgIpc) is 1.97. The first-order valence-electron chi connectivity index (χ1n) is 4.08. The molecule has 0 aromatic heterocycles. The van der Waals surface area contributed by atoms with Crippen molar-refractivity contribution in [3.8, 4) is 0 Å². The van der Waals surface area contributed by atoms with Gasteiger partial charge in [0.05, 0.1) is 6.42 Å². The summed E-state index contributed by atoms with van der Waals surface area (Å²) < 4.78 is 4.73. The second kappa shape index (κ2) is 3.56. The van der Waals surface area contributed by atoms with Gasteiger partial charge in [0.15, 0.2) is 0 Å². The highest BCUT2D eigenvalue weighted by Crippen LogP contribution is 2.08. The predicted octanol–water partition coefficient (Wildman–Crippen LogP) is 1.01. The van der Waals surface area contributed by atoms with Crippen molar-refractivity contribution in [2.45, 2.75) is 20.3 Å². The smallest absolute Gasteiger partial charge is 0.416 e. The Kier molecular flexibility index (Phi) is 2.68. The summed E-state index contributed by atoms with van der Waals surface area (Å²) in [5, 5.41) is 0. The third kappa shape index (κ3) is 1.96. The summed E-state index contributed by atoms with van der Waals surface area (Å²) in [7, 11) is 0. The lowest BCUT2D eigenvalue weighted by atomic mass is 10.2. The Morgan fingerprint density at radius 2 is 2.17 bits per heavy atom. The van der Waals surface area contributed by atoms with E-state index in [4.69, 9.17) is 4.74 Å². The van der Waals surface area contributed by atoms with Gasteiger partial charge in [0, 0.05) is 6.54 Å². The van der Waals surface area contributed by atoms with E-state index >= 15 is 0 Å². The zero-order chi connectivity index (χ0) is 9.14. The van der Waals surface area contributed by atoms with Crippen molar-refractivity contribution in [1.82, 2.24) is 4.90 Å². The number of amides is 2. The molecule has 0 atom stereocenters. The van der Waals surface area contributed by atoms with Crippen molar-refractivity contribution in [2.24, 2.45) is 5.92 Å². The molecule has 0 N–H and O–H groups in total. The second-order valence-electron chi connectivity index (χ2n) is 3.26. The molecule has 4 heteroatoms. The summed E-state index contributed by atoms with van der Waals surface area (Å²) >= 11 is 0. The molecule has 0 radical (unpaired) electrons. The first-order valence-corrected chi connectivity index (χ1v) is 4.08. The van der Waals surface area contributed by atoms with Gasteiger partial charge in [-0.3, -0.25) is 4.79 Å². The molecule has 0 aromatic carbocycles. The van der Waals surface area contributed by atoms with Crippen LogP contribution in [0.15, 0.2) is 0 Å². The SMILES string of the molecule is CC(C)CN1C(=O)CCOC1=O. The molecule has 0 aromatic rings. The number of rotatable bonds is 2. The molecule has 68 valence electrons. The fourth-order valence-electron chi connectivity index (χ4n) is 1.08. The molecule has 0 unspecified atom stereocenters. The molecule has 1 heterocycles. The van der Waals surface area contributed by atoms with E-state index in [9.17, 15) is 9.59 Å². The molecule has 0 aliphatic carbocycles. The molecule has 0 spiro atoms. The molecule has 1 aliphatic rings. The second-order valence-corrected chi connectivity index (χ2v) is 3.26. The number of ether oxygens (including phenoxy) is 1. The van der Waals surface area contributed by atoms with Crippen LogP contribution in [0.2, 0.25) is 0 Å². The van der Waals surface area contributed by atoms with Gasteiger partial charge < -0.3 is 4.74 Å². The summed E-state index contributed by atoms with van der Waals surface area (Å²) in [5.74, 6) is 0.166. The molecular weight excluding hydrogens is 158 g/mol. The van der Waals surface area contributed by atoms with Gasteiger partial charge in [0.25, 0.3) is 0 Å². The van der Waals surface area contributed by atoms with Crippen molar-refractivity contribution in [3.63, 3.8) is 0 Å². The highest BCUT2D eigenvalue weighted by Gasteiger charge is 2.27. The van der Waals surface area contributed by atoms with Crippen LogP contribution < -0.4 is 0 Å². The fraction of sp³-hybridized carbons (Fsp3) is 0.750. The van der Waals surface area contributed by atoms with Gasteiger partial charge in [-0.25, -0.2) is 9.69 Å². The van der Waals surface area contributed by atoms with Gasteiger partial charge >= 0.3 is 6.09 Å². The minimum atomic E-state index is -0.500. The van der Waals surface area contributed by atoms with Crippen molar-refractivity contribution >= 4 is 12.0 Å². The lowest BCUT2D eigenvalue weighted by Crippen LogP contribution is -2.44. The number of hydrogen-bond donors (Lipinski definition) is 0. The molecule has 12 heavy (non-hydrogen) atoms. The van der Waals surface area contributed by atoms with E-state index in [0.717, 1.165) is 0 Å². The van der Waals surface area contributed by atoms with E-state index in [1.165, 1.54) is 4.90 Å². The van der Waals surface area contributed by atoms with Crippen LogP contribution in [0.1, 0.15) is 20.3 Å². The molecular formula is C8H13NO3. The lowest BCUT2D eigenvalue weighted by Gasteiger charge is -2.25. The minimum Gasteiger partial charge on any atom is -0.449 e. The van der Waals surface area contributed by atoms with E-state index in [1.54, 1.807) is 0 Å². The largest absolute Gasteiger partial charge is 0.449 e. The highest BCUT2D eigenvalue weighted by atomic mass is 16.6. The molecule has 0 bridgehead atoms. The number of carbonyl (C=O) groups is 2. The predicted molar refractivity (Wildman–Crippen MR) is 42.5 cm³/mol. The summed E-state index contributed by atoms with van der Waals surface area (Å²) in [5.41, 5.74) is 0. The number of nitrogens with zero attached hydrogens (tertiary/aromatic N) is 1. The zero-order valence-corrected chi connectivity index (χ0v) is 7.37. The van der Waals surface area contributed by atoms with Crippen LogP contribution in [-0.2, 0) is 9.53 Å². The molecule has 1 rings (SSSR count).